The van der Waals surface area contributed by atoms with E-state index in [0.717, 1.165) is 22.4 Å². The first kappa shape index (κ1) is 19.2. The zero-order chi connectivity index (χ0) is 19.6. The third kappa shape index (κ3) is 4.80. The molecule has 0 radical (unpaired) electrons. The zero-order valence-corrected chi connectivity index (χ0v) is 16.4. The van der Waals surface area contributed by atoms with E-state index in [-0.39, 0.29) is 6.09 Å². The number of hydrogen-bond donors (Lipinski definition) is 0. The Morgan fingerprint density at radius 2 is 1.74 bits per heavy atom. The molecule has 1 aliphatic rings. The lowest BCUT2D eigenvalue weighted by atomic mass is 10.0. The number of rotatable bonds is 2. The standard InChI is InChI=1S/C21H22ClNO4/c1-21(2,3)27-20(25)23-10-11-26-18-9-8-16(12-17(18)13-23)14-4-6-15(7-5-14)19(22)24/h4-9,12H,10-11,13H2,1-3H3. The highest BCUT2D eigenvalue weighted by molar-refractivity contribution is 6.67. The second-order valence-corrected chi connectivity index (χ2v) is 7.77. The summed E-state index contributed by atoms with van der Waals surface area (Å²) in [5.41, 5.74) is 2.74. The van der Waals surface area contributed by atoms with E-state index in [0.29, 0.717) is 25.3 Å². The molecule has 5 nitrogen and oxygen atoms in total. The van der Waals surface area contributed by atoms with Gasteiger partial charge in [-0.2, -0.15) is 0 Å². The van der Waals surface area contributed by atoms with Gasteiger partial charge in [-0.3, -0.25) is 4.79 Å². The fourth-order valence-electron chi connectivity index (χ4n) is 2.85. The first-order valence-electron chi connectivity index (χ1n) is 8.77. The minimum Gasteiger partial charge on any atom is -0.491 e. The van der Waals surface area contributed by atoms with Crippen molar-refractivity contribution < 1.29 is 19.1 Å². The van der Waals surface area contributed by atoms with Crippen LogP contribution in [-0.2, 0) is 11.3 Å². The predicted molar refractivity (Wildman–Crippen MR) is 104 cm³/mol. The van der Waals surface area contributed by atoms with Crippen LogP contribution in [0.4, 0.5) is 4.79 Å². The molecule has 27 heavy (non-hydrogen) atoms. The number of amides is 1. The molecule has 0 unspecified atom stereocenters. The highest BCUT2D eigenvalue weighted by Crippen LogP contribution is 2.30. The number of benzene rings is 2. The van der Waals surface area contributed by atoms with Gasteiger partial charge in [0.05, 0.1) is 13.1 Å². The van der Waals surface area contributed by atoms with E-state index in [1.807, 2.05) is 51.1 Å². The molecular formula is C21H22ClNO4. The van der Waals surface area contributed by atoms with Crippen LogP contribution < -0.4 is 4.74 Å². The Labute approximate surface area is 163 Å². The molecule has 142 valence electrons. The van der Waals surface area contributed by atoms with Crippen molar-refractivity contribution in [2.75, 3.05) is 13.2 Å². The Hall–Kier alpha value is -2.53. The van der Waals surface area contributed by atoms with Gasteiger partial charge in [0.25, 0.3) is 5.24 Å². The average Bonchev–Trinajstić information content (AvgIpc) is 2.82. The molecule has 0 atom stereocenters. The molecule has 0 spiro atoms. The topological polar surface area (TPSA) is 55.8 Å². The molecule has 6 heteroatoms. The largest absolute Gasteiger partial charge is 0.491 e. The van der Waals surface area contributed by atoms with Crippen LogP contribution in [0.5, 0.6) is 5.75 Å². The lowest BCUT2D eigenvalue weighted by molar-refractivity contribution is 0.0225. The van der Waals surface area contributed by atoms with Gasteiger partial charge in [-0.1, -0.05) is 18.2 Å². The molecule has 3 rings (SSSR count). The second-order valence-electron chi connectivity index (χ2n) is 7.42. The molecule has 0 saturated heterocycles. The summed E-state index contributed by atoms with van der Waals surface area (Å²) < 4.78 is 11.3. The summed E-state index contributed by atoms with van der Waals surface area (Å²) in [6.07, 6.45) is -0.352. The molecule has 0 saturated carbocycles. The summed E-state index contributed by atoms with van der Waals surface area (Å²) in [4.78, 5) is 25.3. The molecule has 0 fully saturated rings. The Morgan fingerprint density at radius 1 is 1.07 bits per heavy atom. The molecule has 2 aromatic rings. The lowest BCUT2D eigenvalue weighted by Crippen LogP contribution is -2.37. The minimum atomic E-state index is -0.545. The smallest absolute Gasteiger partial charge is 0.410 e. The molecule has 1 heterocycles. The van der Waals surface area contributed by atoms with E-state index in [1.54, 1.807) is 17.0 Å². The predicted octanol–water partition coefficient (Wildman–Crippen LogP) is 4.86. The number of fused-ring (bicyclic) bond motifs is 1. The van der Waals surface area contributed by atoms with Gasteiger partial charge in [0.2, 0.25) is 0 Å². The van der Waals surface area contributed by atoms with Crippen LogP contribution in [0.25, 0.3) is 11.1 Å². The molecule has 0 N–H and O–H groups in total. The van der Waals surface area contributed by atoms with E-state index in [4.69, 9.17) is 21.1 Å². The summed E-state index contributed by atoms with van der Waals surface area (Å²) in [5, 5.41) is -0.482. The first-order chi connectivity index (χ1) is 12.7. The molecule has 1 amide bonds. The normalized spacial score (nSPS) is 14.0. The molecule has 1 aliphatic heterocycles. The first-order valence-corrected chi connectivity index (χ1v) is 9.15. The third-order valence-electron chi connectivity index (χ3n) is 4.14. The van der Waals surface area contributed by atoms with Crippen LogP contribution in [0.2, 0.25) is 0 Å². The van der Waals surface area contributed by atoms with Crippen LogP contribution in [-0.4, -0.2) is 35.0 Å². The van der Waals surface area contributed by atoms with Gasteiger partial charge in [0, 0.05) is 11.1 Å². The molecule has 0 aliphatic carbocycles. The van der Waals surface area contributed by atoms with Crippen molar-refractivity contribution in [3.8, 4) is 16.9 Å². The number of carbonyl (C=O) groups is 2. The Balaban J connectivity index is 1.85. The number of ether oxygens (including phenoxy) is 2. The highest BCUT2D eigenvalue weighted by Gasteiger charge is 2.25. The summed E-state index contributed by atoms with van der Waals surface area (Å²) in [7, 11) is 0. The highest BCUT2D eigenvalue weighted by atomic mass is 35.5. The molecule has 0 bridgehead atoms. The van der Waals surface area contributed by atoms with Gasteiger partial charge in [0.15, 0.2) is 0 Å². The Bertz CT molecular complexity index is 855. The van der Waals surface area contributed by atoms with Crippen LogP contribution >= 0.6 is 11.6 Å². The van der Waals surface area contributed by atoms with Gasteiger partial charge >= 0.3 is 6.09 Å². The van der Waals surface area contributed by atoms with E-state index in [1.165, 1.54) is 0 Å². The fourth-order valence-corrected chi connectivity index (χ4v) is 2.98. The van der Waals surface area contributed by atoms with Crippen LogP contribution in [0.3, 0.4) is 0 Å². The summed E-state index contributed by atoms with van der Waals surface area (Å²) in [6.45, 7) is 6.83. The summed E-state index contributed by atoms with van der Waals surface area (Å²) in [5.74, 6) is 0.761. The maximum absolute atomic E-state index is 12.4. The van der Waals surface area contributed by atoms with Gasteiger partial charge in [-0.15, -0.1) is 0 Å². The van der Waals surface area contributed by atoms with E-state index < -0.39 is 10.8 Å². The van der Waals surface area contributed by atoms with Gasteiger partial charge in [-0.05, 0) is 67.8 Å². The van der Waals surface area contributed by atoms with Crippen molar-refractivity contribution in [2.45, 2.75) is 32.9 Å². The number of hydrogen-bond acceptors (Lipinski definition) is 4. The monoisotopic (exact) mass is 387 g/mol. The summed E-state index contributed by atoms with van der Waals surface area (Å²) in [6, 6.07) is 12.9. The second kappa shape index (κ2) is 7.61. The van der Waals surface area contributed by atoms with E-state index in [2.05, 4.69) is 0 Å². The quantitative estimate of drug-likeness (QED) is 0.690. The molecular weight excluding hydrogens is 366 g/mol. The van der Waals surface area contributed by atoms with Gasteiger partial charge < -0.3 is 14.4 Å². The maximum atomic E-state index is 12.4. The van der Waals surface area contributed by atoms with Crippen molar-refractivity contribution in [2.24, 2.45) is 0 Å². The molecule has 0 aromatic heterocycles. The van der Waals surface area contributed by atoms with Crippen molar-refractivity contribution in [1.82, 2.24) is 4.90 Å². The SMILES string of the molecule is CC(C)(C)OC(=O)N1CCOc2ccc(-c3ccc(C(=O)Cl)cc3)cc2C1. The van der Waals surface area contributed by atoms with Gasteiger partial charge in [0.1, 0.15) is 18.0 Å². The van der Waals surface area contributed by atoms with Crippen LogP contribution in [0.15, 0.2) is 42.5 Å². The Kier molecular flexibility index (Phi) is 5.42. The summed E-state index contributed by atoms with van der Waals surface area (Å²) >= 11 is 5.50. The zero-order valence-electron chi connectivity index (χ0n) is 15.6. The van der Waals surface area contributed by atoms with Gasteiger partial charge in [-0.25, -0.2) is 4.79 Å². The van der Waals surface area contributed by atoms with E-state index >= 15 is 0 Å². The maximum Gasteiger partial charge on any atom is 0.410 e. The Morgan fingerprint density at radius 3 is 2.37 bits per heavy atom. The van der Waals surface area contributed by atoms with Crippen LogP contribution in [0, 0.1) is 0 Å². The van der Waals surface area contributed by atoms with Crippen LogP contribution in [0.1, 0.15) is 36.7 Å². The lowest BCUT2D eigenvalue weighted by Gasteiger charge is -2.26. The average molecular weight is 388 g/mol. The number of carbonyl (C=O) groups excluding carboxylic acids is 2. The van der Waals surface area contributed by atoms with Crippen molar-refractivity contribution in [1.29, 1.82) is 0 Å². The van der Waals surface area contributed by atoms with E-state index in [9.17, 15) is 9.59 Å². The number of nitrogens with zero attached hydrogens (tertiary/aromatic N) is 1. The van der Waals surface area contributed by atoms with Crippen molar-refractivity contribution >= 4 is 22.9 Å². The van der Waals surface area contributed by atoms with Crippen molar-refractivity contribution in [3.05, 3.63) is 53.6 Å². The minimum absolute atomic E-state index is 0.352. The number of halogens is 1. The third-order valence-corrected chi connectivity index (χ3v) is 4.36. The fraction of sp³-hybridized carbons (Fsp3) is 0.333. The molecule has 2 aromatic carbocycles. The van der Waals surface area contributed by atoms with Crippen molar-refractivity contribution in [3.63, 3.8) is 0 Å².